The third-order valence-electron chi connectivity index (χ3n) is 6.53. The molecule has 27 heavy (non-hydrogen) atoms. The molecule has 2 aliphatic rings. The summed E-state index contributed by atoms with van der Waals surface area (Å²) in [7, 11) is 1.74. The number of rotatable bonds is 4. The van der Waals surface area contributed by atoms with Crippen LogP contribution in [0.25, 0.3) is 0 Å². The van der Waals surface area contributed by atoms with Crippen LogP contribution in [-0.2, 0) is 12.1 Å². The van der Waals surface area contributed by atoms with Gasteiger partial charge in [-0.25, -0.2) is 0 Å². The Labute approximate surface area is 162 Å². The van der Waals surface area contributed by atoms with E-state index >= 15 is 0 Å². The number of aromatic nitrogens is 1. The molecule has 0 amide bonds. The average molecular weight is 367 g/mol. The second-order valence-electron chi connectivity index (χ2n) is 8.33. The van der Waals surface area contributed by atoms with Crippen LogP contribution in [0.5, 0.6) is 5.75 Å². The number of methoxy groups -OCH3 is 1. The van der Waals surface area contributed by atoms with Crippen molar-refractivity contribution in [3.8, 4) is 5.75 Å². The molecule has 1 saturated carbocycles. The summed E-state index contributed by atoms with van der Waals surface area (Å²) in [4.78, 5) is 7.11. The first kappa shape index (κ1) is 18.5. The Balaban J connectivity index is 1.61. The van der Waals surface area contributed by atoms with Gasteiger partial charge in [0, 0.05) is 43.2 Å². The molecule has 1 aliphatic heterocycles. The number of hydrogen-bond acceptors (Lipinski definition) is 4. The maximum atomic E-state index is 11.8. The number of pyridine rings is 1. The molecule has 0 unspecified atom stereocenters. The molecule has 4 heteroatoms. The van der Waals surface area contributed by atoms with Crippen molar-refractivity contribution in [1.82, 2.24) is 9.88 Å². The third-order valence-corrected chi connectivity index (χ3v) is 6.53. The molecule has 1 aromatic heterocycles. The maximum absolute atomic E-state index is 11.8. The summed E-state index contributed by atoms with van der Waals surface area (Å²) in [5.74, 6) is 1.41. The minimum atomic E-state index is -0.795. The molecule has 0 spiro atoms. The molecular formula is C23H30N2O2. The summed E-state index contributed by atoms with van der Waals surface area (Å²) < 4.78 is 5.58. The van der Waals surface area contributed by atoms with Crippen LogP contribution in [0.1, 0.15) is 41.6 Å². The largest absolute Gasteiger partial charge is 0.496 e. The predicted molar refractivity (Wildman–Crippen MR) is 107 cm³/mol. The van der Waals surface area contributed by atoms with Crippen molar-refractivity contribution in [1.29, 1.82) is 0 Å². The van der Waals surface area contributed by atoms with Crippen molar-refractivity contribution in [3.05, 3.63) is 58.9 Å². The number of aryl methyl sites for hydroxylation is 2. The number of likely N-dealkylation sites (tertiary alicyclic amines) is 1. The zero-order valence-corrected chi connectivity index (χ0v) is 16.6. The molecule has 2 heterocycles. The molecule has 1 saturated heterocycles. The lowest BCUT2D eigenvalue weighted by atomic mass is 9.63. The lowest BCUT2D eigenvalue weighted by Gasteiger charge is -2.53. The summed E-state index contributed by atoms with van der Waals surface area (Å²) in [5, 5.41) is 11.8. The van der Waals surface area contributed by atoms with E-state index < -0.39 is 5.60 Å². The van der Waals surface area contributed by atoms with E-state index in [1.165, 1.54) is 17.5 Å². The van der Waals surface area contributed by atoms with Gasteiger partial charge in [-0.3, -0.25) is 9.88 Å². The summed E-state index contributed by atoms with van der Waals surface area (Å²) in [5.41, 5.74) is 3.69. The number of benzene rings is 1. The lowest BCUT2D eigenvalue weighted by molar-refractivity contribution is -0.151. The van der Waals surface area contributed by atoms with Gasteiger partial charge in [0.15, 0.2) is 0 Å². The second-order valence-corrected chi connectivity index (χ2v) is 8.33. The highest BCUT2D eigenvalue weighted by Gasteiger charge is 2.52. The van der Waals surface area contributed by atoms with Crippen molar-refractivity contribution in [2.24, 2.45) is 11.8 Å². The van der Waals surface area contributed by atoms with Crippen LogP contribution in [0.15, 0.2) is 36.5 Å². The van der Waals surface area contributed by atoms with Gasteiger partial charge < -0.3 is 9.84 Å². The smallest absolute Gasteiger partial charge is 0.123 e. The third kappa shape index (κ3) is 3.26. The summed E-state index contributed by atoms with van der Waals surface area (Å²) in [6.45, 7) is 6.87. The van der Waals surface area contributed by atoms with Gasteiger partial charge in [0.05, 0.1) is 12.8 Å². The van der Waals surface area contributed by atoms with Gasteiger partial charge in [0.2, 0.25) is 0 Å². The molecule has 4 rings (SSSR count). The molecule has 2 bridgehead atoms. The van der Waals surface area contributed by atoms with Gasteiger partial charge in [-0.2, -0.15) is 0 Å². The minimum Gasteiger partial charge on any atom is -0.496 e. The number of fused-ring (bicyclic) bond motifs is 2. The van der Waals surface area contributed by atoms with E-state index in [9.17, 15) is 5.11 Å². The van der Waals surface area contributed by atoms with Gasteiger partial charge in [-0.15, -0.1) is 0 Å². The van der Waals surface area contributed by atoms with E-state index in [0.717, 1.165) is 49.5 Å². The molecule has 2 aromatic rings. The maximum Gasteiger partial charge on any atom is 0.123 e. The highest BCUT2D eigenvalue weighted by atomic mass is 16.5. The van der Waals surface area contributed by atoms with Crippen molar-refractivity contribution in [3.63, 3.8) is 0 Å². The Morgan fingerprint density at radius 2 is 1.93 bits per heavy atom. The fraction of sp³-hybridized carbons (Fsp3) is 0.522. The Morgan fingerprint density at radius 3 is 2.59 bits per heavy atom. The summed E-state index contributed by atoms with van der Waals surface area (Å²) >= 11 is 0. The summed E-state index contributed by atoms with van der Waals surface area (Å²) in [6, 6.07) is 10.4. The molecule has 4 nitrogen and oxygen atoms in total. The number of nitrogens with zero attached hydrogens (tertiary/aromatic N) is 2. The Kier molecular flexibility index (Phi) is 4.95. The van der Waals surface area contributed by atoms with Crippen LogP contribution in [0, 0.1) is 25.7 Å². The standard InChI is InChI=1S/C23H30N2O2/c1-16-9-10-21(27-3)18(12-16)13-25-14-19-7-4-8-20(15-25)23(19,26)22-17(2)6-5-11-24-22/h5-6,9-12,19-20,26H,4,7-8,13-15H2,1-3H3/t19-,20-/m1/s1. The topological polar surface area (TPSA) is 45.6 Å². The van der Waals surface area contributed by atoms with Crippen molar-refractivity contribution >= 4 is 0 Å². The first-order valence-electron chi connectivity index (χ1n) is 10.0. The normalized spacial score (nSPS) is 28.1. The molecule has 144 valence electrons. The lowest BCUT2D eigenvalue weighted by Crippen LogP contribution is -2.58. The molecule has 2 atom stereocenters. The number of ether oxygens (including phenoxy) is 1. The van der Waals surface area contributed by atoms with Crippen molar-refractivity contribution in [2.75, 3.05) is 20.2 Å². The van der Waals surface area contributed by atoms with E-state index in [2.05, 4.69) is 48.0 Å². The van der Waals surface area contributed by atoms with Crippen LogP contribution in [0.3, 0.4) is 0 Å². The first-order chi connectivity index (χ1) is 13.0. The second kappa shape index (κ2) is 7.25. The fourth-order valence-corrected chi connectivity index (χ4v) is 5.24. The van der Waals surface area contributed by atoms with Gasteiger partial charge >= 0.3 is 0 Å². The van der Waals surface area contributed by atoms with Crippen molar-refractivity contribution < 1.29 is 9.84 Å². The SMILES string of the molecule is COc1ccc(C)cc1CN1C[C@H]2CCC[C@H](C1)C2(O)c1ncccc1C. The van der Waals surface area contributed by atoms with Crippen molar-refractivity contribution in [2.45, 2.75) is 45.3 Å². The molecule has 0 radical (unpaired) electrons. The van der Waals surface area contributed by atoms with E-state index in [4.69, 9.17) is 4.74 Å². The number of hydrogen-bond donors (Lipinski definition) is 1. The van der Waals surface area contributed by atoms with Crippen LogP contribution < -0.4 is 4.74 Å². The Hall–Kier alpha value is -1.91. The van der Waals surface area contributed by atoms with Gasteiger partial charge in [0.25, 0.3) is 0 Å². The quantitative estimate of drug-likeness (QED) is 0.893. The van der Waals surface area contributed by atoms with E-state index in [-0.39, 0.29) is 11.8 Å². The molecular weight excluding hydrogens is 336 g/mol. The van der Waals surface area contributed by atoms with Gasteiger partial charge in [-0.05, 0) is 44.4 Å². The van der Waals surface area contributed by atoms with E-state index in [1.54, 1.807) is 7.11 Å². The van der Waals surface area contributed by atoms with Crippen LogP contribution in [-0.4, -0.2) is 35.2 Å². The average Bonchev–Trinajstić information content (AvgIpc) is 2.63. The number of piperidine rings is 1. The van der Waals surface area contributed by atoms with Crippen LogP contribution in [0.4, 0.5) is 0 Å². The number of aliphatic hydroxyl groups is 1. The van der Waals surface area contributed by atoms with Crippen LogP contribution >= 0.6 is 0 Å². The van der Waals surface area contributed by atoms with E-state index in [1.807, 2.05) is 12.3 Å². The highest BCUT2D eigenvalue weighted by Crippen LogP contribution is 2.49. The molecule has 1 aromatic carbocycles. The van der Waals surface area contributed by atoms with Gasteiger partial charge in [-0.1, -0.05) is 30.2 Å². The molecule has 1 N–H and O–H groups in total. The van der Waals surface area contributed by atoms with Crippen LogP contribution in [0.2, 0.25) is 0 Å². The summed E-state index contributed by atoms with van der Waals surface area (Å²) in [6.07, 6.45) is 5.14. The Bertz CT molecular complexity index is 806. The molecule has 1 aliphatic carbocycles. The first-order valence-corrected chi connectivity index (χ1v) is 10.0. The highest BCUT2D eigenvalue weighted by molar-refractivity contribution is 5.37. The fourth-order valence-electron chi connectivity index (χ4n) is 5.24. The minimum absolute atomic E-state index is 0.231. The zero-order chi connectivity index (χ0) is 19.0. The Morgan fingerprint density at radius 1 is 1.19 bits per heavy atom. The molecule has 2 fully saturated rings. The zero-order valence-electron chi connectivity index (χ0n) is 16.6. The van der Waals surface area contributed by atoms with Gasteiger partial charge in [0.1, 0.15) is 11.4 Å². The van der Waals surface area contributed by atoms with E-state index in [0.29, 0.717) is 0 Å². The predicted octanol–water partition coefficient (Wildman–Crippen LogP) is 3.83. The monoisotopic (exact) mass is 366 g/mol.